The fourth-order valence-electron chi connectivity index (χ4n) is 4.29. The molecule has 0 radical (unpaired) electrons. The number of furan rings is 1. The zero-order valence-corrected chi connectivity index (χ0v) is 16.8. The van der Waals surface area contributed by atoms with E-state index in [9.17, 15) is 0 Å². The van der Waals surface area contributed by atoms with Gasteiger partial charge in [-0.05, 0) is 36.2 Å². The van der Waals surface area contributed by atoms with Gasteiger partial charge in [0.25, 0.3) is 0 Å². The third-order valence-corrected chi connectivity index (χ3v) is 5.84. The lowest BCUT2D eigenvalue weighted by Crippen LogP contribution is -2.45. The zero-order valence-electron chi connectivity index (χ0n) is 16.8. The molecule has 1 fully saturated rings. The molecule has 3 nitrogen and oxygen atoms in total. The first-order valence-electron chi connectivity index (χ1n) is 10.4. The third-order valence-electron chi connectivity index (χ3n) is 5.84. The van der Waals surface area contributed by atoms with Crippen LogP contribution in [-0.2, 0) is 6.54 Å². The summed E-state index contributed by atoms with van der Waals surface area (Å²) in [6, 6.07) is 27.9. The first-order chi connectivity index (χ1) is 14.3. The molecule has 0 saturated carbocycles. The molecule has 146 valence electrons. The van der Waals surface area contributed by atoms with Crippen LogP contribution in [0.25, 0.3) is 22.1 Å². The molecule has 0 atom stereocenters. The number of piperazine rings is 1. The molecule has 1 saturated heterocycles. The number of aryl methyl sites for hydroxylation is 1. The summed E-state index contributed by atoms with van der Waals surface area (Å²) in [5.74, 6) is 1.07. The van der Waals surface area contributed by atoms with Crippen LogP contribution in [0.4, 0.5) is 5.69 Å². The number of anilines is 1. The van der Waals surface area contributed by atoms with Crippen LogP contribution in [-0.4, -0.2) is 31.1 Å². The van der Waals surface area contributed by atoms with Crippen molar-refractivity contribution in [1.29, 1.82) is 0 Å². The summed E-state index contributed by atoms with van der Waals surface area (Å²) < 4.78 is 6.39. The zero-order chi connectivity index (χ0) is 19.6. The van der Waals surface area contributed by atoms with Crippen molar-refractivity contribution < 1.29 is 4.42 Å². The van der Waals surface area contributed by atoms with Gasteiger partial charge in [0.1, 0.15) is 11.3 Å². The van der Waals surface area contributed by atoms with E-state index < -0.39 is 0 Å². The van der Waals surface area contributed by atoms with Crippen molar-refractivity contribution in [2.75, 3.05) is 31.1 Å². The Bertz CT molecular complexity index is 1090. The smallest absolute Gasteiger partial charge is 0.135 e. The maximum atomic E-state index is 6.39. The van der Waals surface area contributed by atoms with Crippen molar-refractivity contribution >= 4 is 16.7 Å². The predicted octanol–water partition coefficient (Wildman–Crippen LogP) is 5.73. The molecule has 0 unspecified atom stereocenters. The van der Waals surface area contributed by atoms with Gasteiger partial charge in [-0.3, -0.25) is 4.90 Å². The van der Waals surface area contributed by atoms with E-state index in [2.05, 4.69) is 95.6 Å². The van der Waals surface area contributed by atoms with Crippen molar-refractivity contribution in [2.24, 2.45) is 0 Å². The topological polar surface area (TPSA) is 19.6 Å². The molecular weight excluding hydrogens is 356 g/mol. The maximum Gasteiger partial charge on any atom is 0.135 e. The molecule has 0 N–H and O–H groups in total. The Hall–Kier alpha value is -3.04. The van der Waals surface area contributed by atoms with E-state index in [0.29, 0.717) is 0 Å². The van der Waals surface area contributed by atoms with E-state index in [0.717, 1.165) is 44.1 Å². The summed E-state index contributed by atoms with van der Waals surface area (Å²) in [6.07, 6.45) is 0. The average molecular weight is 383 g/mol. The fraction of sp³-hybridized carbons (Fsp3) is 0.231. The molecule has 1 aliphatic rings. The van der Waals surface area contributed by atoms with E-state index in [-0.39, 0.29) is 0 Å². The van der Waals surface area contributed by atoms with Crippen molar-refractivity contribution in [2.45, 2.75) is 13.5 Å². The van der Waals surface area contributed by atoms with E-state index in [1.165, 1.54) is 27.8 Å². The minimum absolute atomic E-state index is 0.848. The predicted molar refractivity (Wildman–Crippen MR) is 120 cm³/mol. The summed E-state index contributed by atoms with van der Waals surface area (Å²) in [4.78, 5) is 4.98. The Morgan fingerprint density at radius 1 is 0.793 bits per heavy atom. The highest BCUT2D eigenvalue weighted by Gasteiger charge is 2.22. The van der Waals surface area contributed by atoms with Gasteiger partial charge >= 0.3 is 0 Å². The van der Waals surface area contributed by atoms with Gasteiger partial charge in [0.05, 0.1) is 6.54 Å². The van der Waals surface area contributed by atoms with Gasteiger partial charge in [-0.1, -0.05) is 60.7 Å². The highest BCUT2D eigenvalue weighted by Crippen LogP contribution is 2.36. The number of nitrogens with zero attached hydrogens (tertiary/aromatic N) is 2. The van der Waals surface area contributed by atoms with E-state index in [1.54, 1.807) is 0 Å². The number of hydrogen-bond acceptors (Lipinski definition) is 3. The fourth-order valence-corrected chi connectivity index (χ4v) is 4.29. The summed E-state index contributed by atoms with van der Waals surface area (Å²) in [7, 11) is 0. The maximum absolute atomic E-state index is 6.39. The first-order valence-corrected chi connectivity index (χ1v) is 10.4. The van der Waals surface area contributed by atoms with Gasteiger partial charge in [0.2, 0.25) is 0 Å². The summed E-state index contributed by atoms with van der Waals surface area (Å²) >= 11 is 0. The molecule has 29 heavy (non-hydrogen) atoms. The van der Waals surface area contributed by atoms with Crippen molar-refractivity contribution in [3.63, 3.8) is 0 Å². The average Bonchev–Trinajstić information content (AvgIpc) is 3.12. The second kappa shape index (κ2) is 7.76. The Morgan fingerprint density at radius 2 is 1.48 bits per heavy atom. The largest absolute Gasteiger partial charge is 0.459 e. The number of rotatable bonds is 4. The van der Waals surface area contributed by atoms with Crippen LogP contribution in [0.3, 0.4) is 0 Å². The van der Waals surface area contributed by atoms with Gasteiger partial charge in [0.15, 0.2) is 0 Å². The number of fused-ring (bicyclic) bond motifs is 1. The first kappa shape index (κ1) is 18.0. The van der Waals surface area contributed by atoms with Gasteiger partial charge in [-0.15, -0.1) is 0 Å². The molecule has 1 aliphatic heterocycles. The molecule has 0 bridgehead atoms. The third kappa shape index (κ3) is 3.66. The summed E-state index contributed by atoms with van der Waals surface area (Å²) in [5, 5.41) is 1.21. The van der Waals surface area contributed by atoms with Crippen molar-refractivity contribution in [1.82, 2.24) is 4.90 Å². The minimum Gasteiger partial charge on any atom is -0.459 e. The minimum atomic E-state index is 0.848. The molecular formula is C26H26N2O. The number of para-hydroxylation sites is 1. The second-order valence-electron chi connectivity index (χ2n) is 7.86. The summed E-state index contributed by atoms with van der Waals surface area (Å²) in [5.41, 5.74) is 6.01. The van der Waals surface area contributed by atoms with E-state index in [1.807, 2.05) is 0 Å². The van der Waals surface area contributed by atoms with Crippen LogP contribution < -0.4 is 4.90 Å². The van der Waals surface area contributed by atoms with Crippen LogP contribution in [0.15, 0.2) is 83.3 Å². The van der Waals surface area contributed by atoms with E-state index >= 15 is 0 Å². The highest BCUT2D eigenvalue weighted by molar-refractivity contribution is 5.96. The molecule has 2 heterocycles. The van der Waals surface area contributed by atoms with Crippen LogP contribution in [0.5, 0.6) is 0 Å². The van der Waals surface area contributed by atoms with E-state index in [4.69, 9.17) is 4.42 Å². The lowest BCUT2D eigenvalue weighted by atomic mass is 10.0. The molecule has 0 spiro atoms. The van der Waals surface area contributed by atoms with Crippen LogP contribution in [0.2, 0.25) is 0 Å². The normalized spacial score (nSPS) is 15.1. The van der Waals surface area contributed by atoms with Crippen LogP contribution in [0, 0.1) is 6.92 Å². The molecule has 0 amide bonds. The number of benzene rings is 3. The Kier molecular flexibility index (Phi) is 4.82. The van der Waals surface area contributed by atoms with Gasteiger partial charge in [-0.2, -0.15) is 0 Å². The van der Waals surface area contributed by atoms with Crippen LogP contribution >= 0.6 is 0 Å². The molecule has 3 aromatic carbocycles. The molecule has 3 heteroatoms. The molecule has 5 rings (SSSR count). The van der Waals surface area contributed by atoms with Crippen molar-refractivity contribution in [3.05, 3.63) is 90.2 Å². The summed E-state index contributed by atoms with van der Waals surface area (Å²) in [6.45, 7) is 7.14. The monoisotopic (exact) mass is 382 g/mol. The molecule has 1 aromatic heterocycles. The lowest BCUT2D eigenvalue weighted by molar-refractivity contribution is 0.233. The lowest BCUT2D eigenvalue weighted by Gasteiger charge is -2.35. The van der Waals surface area contributed by atoms with Crippen molar-refractivity contribution in [3.8, 4) is 11.1 Å². The molecule has 0 aliphatic carbocycles. The highest BCUT2D eigenvalue weighted by atomic mass is 16.3. The Morgan fingerprint density at radius 3 is 2.21 bits per heavy atom. The second-order valence-corrected chi connectivity index (χ2v) is 7.86. The number of hydrogen-bond donors (Lipinski definition) is 0. The van der Waals surface area contributed by atoms with Gasteiger partial charge in [-0.25, -0.2) is 0 Å². The van der Waals surface area contributed by atoms with Crippen LogP contribution in [0.1, 0.15) is 11.3 Å². The Balaban J connectivity index is 1.41. The van der Waals surface area contributed by atoms with Gasteiger partial charge in [0, 0.05) is 42.8 Å². The quantitative estimate of drug-likeness (QED) is 0.449. The Labute approximate surface area is 172 Å². The molecule has 4 aromatic rings. The standard InChI is InChI=1S/C26H26N2O/c1-20-12-13-23-24(18-20)29-25(26(23)21-8-4-2-5-9-21)19-27-14-16-28(17-15-27)22-10-6-3-7-11-22/h2-13,18H,14-17,19H2,1H3. The SMILES string of the molecule is Cc1ccc2c(-c3ccccc3)c(CN3CCN(c4ccccc4)CC3)oc2c1. The van der Waals surface area contributed by atoms with Gasteiger partial charge < -0.3 is 9.32 Å².